The quantitative estimate of drug-likeness (QED) is 0.817. The zero-order valence-corrected chi connectivity index (χ0v) is 10.8. The van der Waals surface area contributed by atoms with Gasteiger partial charge in [0.15, 0.2) is 5.82 Å². The molecule has 90 valence electrons. The molecule has 0 radical (unpaired) electrons. The lowest BCUT2D eigenvalue weighted by Crippen LogP contribution is -2.31. The second kappa shape index (κ2) is 4.04. The first-order valence-electron chi connectivity index (χ1n) is 5.57. The Morgan fingerprint density at radius 1 is 1.31 bits per heavy atom. The Hall–Kier alpha value is -0.550. The number of nitrogens with zero attached hydrogens (tertiary/aromatic N) is 2. The normalized spacial score (nSPS) is 21.0. The molecule has 0 spiro atoms. The average molecular weight is 242 g/mol. The Bertz CT molecular complexity index is 364. The largest absolute Gasteiger partial charge is 0.380 e. The van der Waals surface area contributed by atoms with Crippen molar-refractivity contribution in [1.29, 1.82) is 0 Å². The zero-order valence-electron chi connectivity index (χ0n) is 9.99. The number of aromatic nitrogens is 2. The predicted molar refractivity (Wildman–Crippen MR) is 63.5 cm³/mol. The highest BCUT2D eigenvalue weighted by Crippen LogP contribution is 2.35. The average Bonchev–Trinajstić information content (AvgIpc) is 2.67. The van der Waals surface area contributed by atoms with Gasteiger partial charge in [0.2, 0.25) is 0 Å². The summed E-state index contributed by atoms with van der Waals surface area (Å²) in [5.74, 6) is 2.94. The van der Waals surface area contributed by atoms with Gasteiger partial charge in [-0.1, -0.05) is 25.9 Å². The Balaban J connectivity index is 2.24. The fourth-order valence-corrected chi connectivity index (χ4v) is 2.81. The van der Waals surface area contributed by atoms with Crippen molar-refractivity contribution in [2.45, 2.75) is 44.6 Å². The molecule has 1 saturated heterocycles. The number of thioether (sulfide) groups is 1. The van der Waals surface area contributed by atoms with Gasteiger partial charge >= 0.3 is 0 Å². The molecule has 2 rings (SSSR count). The van der Waals surface area contributed by atoms with Crippen LogP contribution in [0.3, 0.4) is 0 Å². The molecule has 0 unspecified atom stereocenters. The van der Waals surface area contributed by atoms with Crippen LogP contribution in [0.4, 0.5) is 0 Å². The van der Waals surface area contributed by atoms with Crippen molar-refractivity contribution >= 4 is 11.8 Å². The molecular formula is C11H18N2O2S. The molecule has 1 N–H and O–H groups in total. The first-order chi connectivity index (χ1) is 7.42. The molecular weight excluding hydrogens is 224 g/mol. The summed E-state index contributed by atoms with van der Waals surface area (Å²) in [7, 11) is 0. The minimum atomic E-state index is -0.901. The van der Waals surface area contributed by atoms with E-state index in [0.29, 0.717) is 24.6 Å². The Morgan fingerprint density at radius 3 is 2.44 bits per heavy atom. The molecule has 0 saturated carbocycles. The summed E-state index contributed by atoms with van der Waals surface area (Å²) in [5.41, 5.74) is -1.04. The summed E-state index contributed by atoms with van der Waals surface area (Å²) in [6.07, 6.45) is 1.40. The van der Waals surface area contributed by atoms with Crippen LogP contribution in [0, 0.1) is 0 Å². The van der Waals surface area contributed by atoms with Crippen molar-refractivity contribution in [2.24, 2.45) is 0 Å². The fraction of sp³-hybridized carbons (Fsp3) is 0.818. The summed E-state index contributed by atoms with van der Waals surface area (Å²) in [4.78, 5) is 4.34. The first-order valence-corrected chi connectivity index (χ1v) is 6.72. The molecule has 1 fully saturated rings. The lowest BCUT2D eigenvalue weighted by molar-refractivity contribution is -0.00351. The molecule has 5 heteroatoms. The summed E-state index contributed by atoms with van der Waals surface area (Å²) in [6, 6.07) is 0. The molecule has 1 aromatic heterocycles. The van der Waals surface area contributed by atoms with E-state index in [9.17, 15) is 5.11 Å². The van der Waals surface area contributed by atoms with Gasteiger partial charge < -0.3 is 9.63 Å². The number of aliphatic hydroxyl groups is 1. The summed E-state index contributed by atoms with van der Waals surface area (Å²) in [5, 5.41) is 14.4. The SMILES string of the molecule is CC(C)(C)c1noc(C2(O)CCSCC2)n1. The molecule has 1 aliphatic rings. The van der Waals surface area contributed by atoms with Gasteiger partial charge in [-0.2, -0.15) is 16.7 Å². The molecule has 0 amide bonds. The van der Waals surface area contributed by atoms with Crippen molar-refractivity contribution in [3.63, 3.8) is 0 Å². The van der Waals surface area contributed by atoms with E-state index in [1.54, 1.807) is 0 Å². The third kappa shape index (κ3) is 2.25. The lowest BCUT2D eigenvalue weighted by Gasteiger charge is -2.27. The molecule has 0 bridgehead atoms. The molecule has 16 heavy (non-hydrogen) atoms. The third-order valence-electron chi connectivity index (χ3n) is 2.81. The van der Waals surface area contributed by atoms with Gasteiger partial charge in [-0.25, -0.2) is 0 Å². The van der Waals surface area contributed by atoms with Crippen LogP contribution in [0.2, 0.25) is 0 Å². The highest BCUT2D eigenvalue weighted by molar-refractivity contribution is 7.99. The van der Waals surface area contributed by atoms with E-state index in [1.165, 1.54) is 0 Å². The Morgan fingerprint density at radius 2 is 1.94 bits per heavy atom. The van der Waals surface area contributed by atoms with Crippen LogP contribution in [-0.2, 0) is 11.0 Å². The minimum Gasteiger partial charge on any atom is -0.380 e. The van der Waals surface area contributed by atoms with Gasteiger partial charge in [-0.15, -0.1) is 0 Å². The topological polar surface area (TPSA) is 59.2 Å². The molecule has 4 nitrogen and oxygen atoms in total. The number of hydrogen-bond donors (Lipinski definition) is 1. The van der Waals surface area contributed by atoms with Crippen molar-refractivity contribution < 1.29 is 9.63 Å². The highest BCUT2D eigenvalue weighted by Gasteiger charge is 2.38. The standard InChI is InChI=1S/C11H18N2O2S/c1-10(2,3)8-12-9(15-13-8)11(14)4-6-16-7-5-11/h14H,4-7H2,1-3H3. The van der Waals surface area contributed by atoms with Crippen molar-refractivity contribution in [2.75, 3.05) is 11.5 Å². The van der Waals surface area contributed by atoms with Crippen LogP contribution >= 0.6 is 11.8 Å². The molecule has 1 aromatic rings. The van der Waals surface area contributed by atoms with Gasteiger partial charge in [0.1, 0.15) is 5.60 Å². The highest BCUT2D eigenvalue weighted by atomic mass is 32.2. The molecule has 0 aromatic carbocycles. The van der Waals surface area contributed by atoms with Crippen LogP contribution in [0.25, 0.3) is 0 Å². The fourth-order valence-electron chi connectivity index (χ4n) is 1.64. The van der Waals surface area contributed by atoms with Gasteiger partial charge in [-0.3, -0.25) is 0 Å². The first kappa shape index (κ1) is 11.9. The molecule has 0 aliphatic carbocycles. The van der Waals surface area contributed by atoms with Crippen molar-refractivity contribution in [1.82, 2.24) is 10.1 Å². The molecule has 2 heterocycles. The second-order valence-electron chi connectivity index (χ2n) is 5.32. The van der Waals surface area contributed by atoms with E-state index in [4.69, 9.17) is 4.52 Å². The minimum absolute atomic E-state index is 0.137. The van der Waals surface area contributed by atoms with Crippen LogP contribution < -0.4 is 0 Å². The third-order valence-corrected chi connectivity index (χ3v) is 3.80. The zero-order chi connectivity index (χ0) is 11.8. The van der Waals surface area contributed by atoms with Crippen molar-refractivity contribution in [3.8, 4) is 0 Å². The van der Waals surface area contributed by atoms with E-state index >= 15 is 0 Å². The molecule has 0 atom stereocenters. The Labute approximate surface area is 99.8 Å². The smallest absolute Gasteiger partial charge is 0.258 e. The van der Waals surface area contributed by atoms with E-state index in [-0.39, 0.29) is 5.41 Å². The maximum atomic E-state index is 10.4. The van der Waals surface area contributed by atoms with Crippen molar-refractivity contribution in [3.05, 3.63) is 11.7 Å². The van der Waals surface area contributed by atoms with E-state index in [2.05, 4.69) is 10.1 Å². The number of hydrogen-bond acceptors (Lipinski definition) is 5. The monoisotopic (exact) mass is 242 g/mol. The predicted octanol–water partition coefficient (Wildman–Crippen LogP) is 2.08. The van der Waals surface area contributed by atoms with Gasteiger partial charge in [0.05, 0.1) is 0 Å². The lowest BCUT2D eigenvalue weighted by atomic mass is 9.95. The van der Waals surface area contributed by atoms with Crippen LogP contribution in [0.5, 0.6) is 0 Å². The summed E-state index contributed by atoms with van der Waals surface area (Å²) in [6.45, 7) is 6.09. The van der Waals surface area contributed by atoms with E-state index < -0.39 is 5.60 Å². The van der Waals surface area contributed by atoms with Crippen LogP contribution in [-0.4, -0.2) is 26.8 Å². The Kier molecular flexibility index (Phi) is 3.01. The molecule has 1 aliphatic heterocycles. The van der Waals surface area contributed by atoms with Crippen LogP contribution in [0.1, 0.15) is 45.3 Å². The van der Waals surface area contributed by atoms with E-state index in [1.807, 2.05) is 32.5 Å². The van der Waals surface area contributed by atoms with Gasteiger partial charge in [0, 0.05) is 5.41 Å². The number of rotatable bonds is 1. The van der Waals surface area contributed by atoms with Gasteiger partial charge in [-0.05, 0) is 24.3 Å². The van der Waals surface area contributed by atoms with E-state index in [0.717, 1.165) is 11.5 Å². The maximum absolute atomic E-state index is 10.4. The second-order valence-corrected chi connectivity index (χ2v) is 6.54. The summed E-state index contributed by atoms with van der Waals surface area (Å²) < 4.78 is 5.21. The van der Waals surface area contributed by atoms with Crippen LogP contribution in [0.15, 0.2) is 4.52 Å². The van der Waals surface area contributed by atoms with Gasteiger partial charge in [0.25, 0.3) is 5.89 Å². The maximum Gasteiger partial charge on any atom is 0.258 e. The summed E-state index contributed by atoms with van der Waals surface area (Å²) >= 11 is 1.85.